The van der Waals surface area contributed by atoms with Crippen molar-refractivity contribution in [2.24, 2.45) is 5.41 Å². The lowest BCUT2D eigenvalue weighted by Crippen LogP contribution is -2.53. The fourth-order valence-corrected chi connectivity index (χ4v) is 7.44. The molecular formula is C30H43F3N4O4. The number of carbonyl (C=O) groups excluding carboxylic acids is 1. The van der Waals surface area contributed by atoms with Crippen LogP contribution in [0, 0.1) is 12.3 Å². The van der Waals surface area contributed by atoms with Crippen LogP contribution < -0.4 is 4.90 Å². The van der Waals surface area contributed by atoms with Crippen LogP contribution in [0.3, 0.4) is 0 Å². The van der Waals surface area contributed by atoms with Crippen molar-refractivity contribution >= 4 is 17.7 Å². The number of benzene rings is 1. The fourth-order valence-electron chi connectivity index (χ4n) is 7.44. The minimum absolute atomic E-state index is 0.0578. The van der Waals surface area contributed by atoms with Crippen molar-refractivity contribution in [3.8, 4) is 0 Å². The maximum Gasteiger partial charge on any atom is 0.425 e. The van der Waals surface area contributed by atoms with E-state index in [1.165, 1.54) is 21.7 Å². The summed E-state index contributed by atoms with van der Waals surface area (Å²) in [6, 6.07) is 6.69. The highest BCUT2D eigenvalue weighted by atomic mass is 19.4. The Bertz CT molecular complexity index is 1110. The number of amides is 1. The quantitative estimate of drug-likeness (QED) is 0.514. The molecule has 11 heteroatoms. The average molecular weight is 581 g/mol. The van der Waals surface area contributed by atoms with E-state index in [9.17, 15) is 22.8 Å². The lowest BCUT2D eigenvalue weighted by atomic mass is 9.78. The molecule has 0 bridgehead atoms. The topological polar surface area (TPSA) is 76.6 Å². The van der Waals surface area contributed by atoms with E-state index in [1.807, 2.05) is 4.90 Å². The third-order valence-electron chi connectivity index (χ3n) is 10.1. The number of carboxylic acid groups (broad SMARTS) is 1. The van der Waals surface area contributed by atoms with Crippen LogP contribution in [0.5, 0.6) is 0 Å². The van der Waals surface area contributed by atoms with Crippen LogP contribution in [0.25, 0.3) is 0 Å². The van der Waals surface area contributed by atoms with E-state index in [1.54, 1.807) is 0 Å². The van der Waals surface area contributed by atoms with E-state index in [0.717, 1.165) is 91.1 Å². The van der Waals surface area contributed by atoms with Gasteiger partial charge < -0.3 is 19.6 Å². The molecule has 0 saturated carbocycles. The molecule has 4 aliphatic rings. The Balaban J connectivity index is 1.23. The third-order valence-corrected chi connectivity index (χ3v) is 10.1. The second-order valence-corrected chi connectivity index (χ2v) is 12.8. The van der Waals surface area contributed by atoms with Crippen molar-refractivity contribution in [2.75, 3.05) is 57.3 Å². The zero-order chi connectivity index (χ0) is 29.4. The molecule has 41 heavy (non-hydrogen) atoms. The zero-order valence-electron chi connectivity index (χ0n) is 24.2. The van der Waals surface area contributed by atoms with Crippen LogP contribution in [0.4, 0.5) is 23.7 Å². The largest absolute Gasteiger partial charge is 0.480 e. The summed E-state index contributed by atoms with van der Waals surface area (Å²) in [5.41, 5.74) is 3.96. The van der Waals surface area contributed by atoms with Crippen LogP contribution in [0.15, 0.2) is 18.2 Å². The number of hydrogen-bond donors (Lipinski definition) is 1. The molecule has 8 nitrogen and oxygen atoms in total. The van der Waals surface area contributed by atoms with Gasteiger partial charge in [0.25, 0.3) is 0 Å². The first-order valence-electron chi connectivity index (χ1n) is 14.9. The molecule has 1 atom stereocenters. The normalized spacial score (nSPS) is 23.8. The lowest BCUT2D eigenvalue weighted by molar-refractivity contribution is -0.200. The van der Waals surface area contributed by atoms with E-state index in [-0.39, 0.29) is 17.5 Å². The summed E-state index contributed by atoms with van der Waals surface area (Å²) >= 11 is 0. The SMILES string of the molecule is Cc1ccc(CN2CCCC23CCN(C(=O)OC(C)C(F)(F)F)CC3)c(N2CCC3(CCN(CC(=O)O)CC3)C2)c1. The van der Waals surface area contributed by atoms with Crippen molar-refractivity contribution in [2.45, 2.75) is 83.2 Å². The van der Waals surface area contributed by atoms with E-state index in [0.29, 0.717) is 13.1 Å². The fraction of sp³-hybridized carbons (Fsp3) is 0.733. The van der Waals surface area contributed by atoms with Crippen molar-refractivity contribution < 1.29 is 32.6 Å². The van der Waals surface area contributed by atoms with Gasteiger partial charge >= 0.3 is 18.2 Å². The maximum atomic E-state index is 12.9. The number of likely N-dealkylation sites (tertiary alicyclic amines) is 3. The molecule has 4 fully saturated rings. The summed E-state index contributed by atoms with van der Waals surface area (Å²) in [7, 11) is 0. The Kier molecular flexibility index (Phi) is 8.49. The minimum Gasteiger partial charge on any atom is -0.480 e. The number of aliphatic carboxylic acids is 1. The number of rotatable bonds is 6. The molecule has 2 spiro atoms. The molecule has 1 aromatic carbocycles. The van der Waals surface area contributed by atoms with Gasteiger partial charge in [-0.05, 0) is 101 Å². The van der Waals surface area contributed by atoms with Crippen molar-refractivity contribution in [1.82, 2.24) is 14.7 Å². The molecule has 0 aliphatic carbocycles. The van der Waals surface area contributed by atoms with Gasteiger partial charge in [0.05, 0.1) is 6.54 Å². The molecule has 5 rings (SSSR count). The van der Waals surface area contributed by atoms with E-state index in [2.05, 4.69) is 34.9 Å². The highest BCUT2D eigenvalue weighted by Gasteiger charge is 2.46. The minimum atomic E-state index is -4.56. The van der Waals surface area contributed by atoms with Gasteiger partial charge in [-0.15, -0.1) is 0 Å². The molecule has 1 aromatic rings. The molecule has 0 radical (unpaired) electrons. The Labute approximate surface area is 240 Å². The number of aryl methyl sites for hydroxylation is 1. The second kappa shape index (κ2) is 11.6. The Hall–Kier alpha value is -2.53. The highest BCUT2D eigenvalue weighted by molar-refractivity contribution is 5.69. The zero-order valence-corrected chi connectivity index (χ0v) is 24.2. The number of alkyl halides is 3. The summed E-state index contributed by atoms with van der Waals surface area (Å²) in [6.07, 6.45) is -0.857. The maximum absolute atomic E-state index is 12.9. The van der Waals surface area contributed by atoms with Crippen LogP contribution in [0.1, 0.15) is 63.0 Å². The van der Waals surface area contributed by atoms with Crippen molar-refractivity contribution in [3.05, 3.63) is 29.3 Å². The number of anilines is 1. The molecule has 1 amide bonds. The summed E-state index contributed by atoms with van der Waals surface area (Å²) in [6.45, 7) is 9.31. The third kappa shape index (κ3) is 6.61. The average Bonchev–Trinajstić information content (AvgIpc) is 3.50. The predicted octanol–water partition coefficient (Wildman–Crippen LogP) is 4.89. The van der Waals surface area contributed by atoms with Gasteiger partial charge in [0, 0.05) is 44.0 Å². The summed E-state index contributed by atoms with van der Waals surface area (Å²) < 4.78 is 43.3. The monoisotopic (exact) mass is 580 g/mol. The summed E-state index contributed by atoms with van der Waals surface area (Å²) in [5.74, 6) is -0.764. The first-order chi connectivity index (χ1) is 19.4. The molecule has 1 unspecified atom stereocenters. The number of ether oxygens (including phenoxy) is 1. The van der Waals surface area contributed by atoms with E-state index in [4.69, 9.17) is 9.84 Å². The standard InChI is InChI=1S/C30H43F3N4O4/c1-22-4-5-24(25(18-22)36-15-9-28(21-36)7-13-34(14-8-28)20-26(38)39)19-37-12-3-6-29(37)10-16-35(17-11-29)27(40)41-23(2)30(31,32)33/h4-5,18,23H,3,6-17,19-21H2,1-2H3,(H,38,39). The first kappa shape index (κ1) is 29.9. The van der Waals surface area contributed by atoms with Gasteiger partial charge in [-0.1, -0.05) is 12.1 Å². The van der Waals surface area contributed by atoms with Crippen LogP contribution >= 0.6 is 0 Å². The van der Waals surface area contributed by atoms with E-state index >= 15 is 0 Å². The van der Waals surface area contributed by atoms with Crippen molar-refractivity contribution in [3.63, 3.8) is 0 Å². The van der Waals surface area contributed by atoms with Crippen LogP contribution in [-0.2, 0) is 16.1 Å². The number of piperidine rings is 2. The molecule has 0 aromatic heterocycles. The molecule has 4 aliphatic heterocycles. The number of carbonyl (C=O) groups is 2. The molecular weight excluding hydrogens is 537 g/mol. The lowest BCUT2D eigenvalue weighted by Gasteiger charge is -2.45. The Morgan fingerprint density at radius 1 is 1.00 bits per heavy atom. The molecule has 4 heterocycles. The van der Waals surface area contributed by atoms with Gasteiger partial charge in [-0.25, -0.2) is 4.79 Å². The number of nitrogens with zero attached hydrogens (tertiary/aromatic N) is 4. The highest BCUT2D eigenvalue weighted by Crippen LogP contribution is 2.44. The second-order valence-electron chi connectivity index (χ2n) is 12.8. The Morgan fingerprint density at radius 2 is 1.68 bits per heavy atom. The molecule has 4 saturated heterocycles. The number of carboxylic acids is 1. The molecule has 228 valence electrons. The number of hydrogen-bond acceptors (Lipinski definition) is 6. The van der Waals surface area contributed by atoms with Crippen molar-refractivity contribution in [1.29, 1.82) is 0 Å². The summed E-state index contributed by atoms with van der Waals surface area (Å²) in [5, 5.41) is 9.16. The Morgan fingerprint density at radius 3 is 2.34 bits per heavy atom. The van der Waals surface area contributed by atoms with Crippen LogP contribution in [-0.4, -0.2) is 102 Å². The van der Waals surface area contributed by atoms with Gasteiger partial charge in [0.15, 0.2) is 6.10 Å². The van der Waals surface area contributed by atoms with Gasteiger partial charge in [-0.2, -0.15) is 13.2 Å². The first-order valence-corrected chi connectivity index (χ1v) is 14.9. The number of halogens is 3. The summed E-state index contributed by atoms with van der Waals surface area (Å²) in [4.78, 5) is 32.1. The van der Waals surface area contributed by atoms with Gasteiger partial charge in [-0.3, -0.25) is 14.6 Å². The van der Waals surface area contributed by atoms with Crippen LogP contribution in [0.2, 0.25) is 0 Å². The predicted molar refractivity (Wildman–Crippen MR) is 149 cm³/mol. The smallest absolute Gasteiger partial charge is 0.425 e. The molecule has 1 N–H and O–H groups in total. The van der Waals surface area contributed by atoms with Gasteiger partial charge in [0.1, 0.15) is 0 Å². The van der Waals surface area contributed by atoms with Gasteiger partial charge in [0.2, 0.25) is 0 Å². The van der Waals surface area contributed by atoms with E-state index < -0.39 is 24.3 Å².